The van der Waals surface area contributed by atoms with Crippen LogP contribution in [0, 0.1) is 30.1 Å². The monoisotopic (exact) mass is 478 g/mol. The summed E-state index contributed by atoms with van der Waals surface area (Å²) in [5.41, 5.74) is 2.16. The van der Waals surface area contributed by atoms with Gasteiger partial charge >= 0.3 is 0 Å². The van der Waals surface area contributed by atoms with E-state index in [9.17, 15) is 9.59 Å². The van der Waals surface area contributed by atoms with E-state index in [1.807, 2.05) is 28.0 Å². The minimum Gasteiger partial charge on any atom is -0.333 e. The second kappa shape index (κ2) is 9.85. The van der Waals surface area contributed by atoms with Gasteiger partial charge in [-0.1, -0.05) is 37.3 Å². The van der Waals surface area contributed by atoms with Crippen molar-refractivity contribution in [2.75, 3.05) is 13.1 Å². The van der Waals surface area contributed by atoms with Crippen LogP contribution in [0.3, 0.4) is 0 Å². The van der Waals surface area contributed by atoms with Gasteiger partial charge in [-0.15, -0.1) is 11.3 Å². The van der Waals surface area contributed by atoms with E-state index in [1.165, 1.54) is 29.7 Å². The number of benzene rings is 1. The Kier molecular flexibility index (Phi) is 6.83. The van der Waals surface area contributed by atoms with Gasteiger partial charge in [-0.2, -0.15) is 0 Å². The molecule has 1 aromatic carbocycles. The lowest BCUT2D eigenvalue weighted by Gasteiger charge is -2.56. The van der Waals surface area contributed by atoms with Gasteiger partial charge < -0.3 is 9.80 Å². The Morgan fingerprint density at radius 2 is 1.59 bits per heavy atom. The van der Waals surface area contributed by atoms with Gasteiger partial charge in [0.25, 0.3) is 0 Å². The van der Waals surface area contributed by atoms with Crippen molar-refractivity contribution in [3.8, 4) is 0 Å². The standard InChI is InChI=1S/C29H38N2O2S/c1-3-10-30(28(33)29-15-23-12-24(16-29)14-25(13-23)17-29)20-27(32)31(18-22-7-5-4-6-8-22)19-26-21(2)9-11-34-26/h4-9,11,23-25H,3,10,12-20H2,1-2H3. The number of carbonyl (C=O) groups excluding carboxylic acids is 2. The second-order valence-electron chi connectivity index (χ2n) is 11.2. The van der Waals surface area contributed by atoms with Crippen LogP contribution in [0.1, 0.15) is 67.9 Å². The van der Waals surface area contributed by atoms with E-state index in [1.54, 1.807) is 11.3 Å². The first-order valence-electron chi connectivity index (χ1n) is 13.1. The van der Waals surface area contributed by atoms with E-state index >= 15 is 0 Å². The maximum Gasteiger partial charge on any atom is 0.242 e. The molecule has 0 spiro atoms. The van der Waals surface area contributed by atoms with E-state index in [2.05, 4.69) is 37.4 Å². The Bertz CT molecular complexity index is 979. The number of hydrogen-bond acceptors (Lipinski definition) is 3. The van der Waals surface area contributed by atoms with Crippen molar-refractivity contribution in [1.29, 1.82) is 0 Å². The zero-order valence-electron chi connectivity index (χ0n) is 20.7. The molecule has 0 radical (unpaired) electrons. The lowest BCUT2D eigenvalue weighted by molar-refractivity contribution is -0.160. The predicted octanol–water partition coefficient (Wildman–Crippen LogP) is 6.04. The van der Waals surface area contributed by atoms with Gasteiger partial charge in [0, 0.05) is 18.0 Å². The molecule has 6 rings (SSSR count). The van der Waals surface area contributed by atoms with Crippen LogP contribution in [0.15, 0.2) is 41.8 Å². The zero-order chi connectivity index (χ0) is 23.7. The van der Waals surface area contributed by atoms with E-state index in [0.29, 0.717) is 19.6 Å². The topological polar surface area (TPSA) is 40.6 Å². The summed E-state index contributed by atoms with van der Waals surface area (Å²) < 4.78 is 0. The molecule has 0 atom stereocenters. The lowest BCUT2D eigenvalue weighted by Crippen LogP contribution is -2.56. The van der Waals surface area contributed by atoms with E-state index in [-0.39, 0.29) is 23.8 Å². The van der Waals surface area contributed by atoms with Crippen LogP contribution in [0.2, 0.25) is 0 Å². The van der Waals surface area contributed by atoms with Gasteiger partial charge in [-0.25, -0.2) is 0 Å². The van der Waals surface area contributed by atoms with Crippen LogP contribution in [0.5, 0.6) is 0 Å². The molecule has 4 bridgehead atoms. The van der Waals surface area contributed by atoms with Crippen molar-refractivity contribution >= 4 is 23.2 Å². The first-order chi connectivity index (χ1) is 16.5. The first kappa shape index (κ1) is 23.6. The Morgan fingerprint density at radius 3 is 2.15 bits per heavy atom. The molecule has 4 aliphatic rings. The quantitative estimate of drug-likeness (QED) is 0.441. The lowest BCUT2D eigenvalue weighted by atomic mass is 9.49. The van der Waals surface area contributed by atoms with Crippen LogP contribution in [-0.2, 0) is 22.7 Å². The number of thiophene rings is 1. The molecular formula is C29H38N2O2S. The van der Waals surface area contributed by atoms with Gasteiger partial charge in [0.1, 0.15) is 0 Å². The first-order valence-corrected chi connectivity index (χ1v) is 14.0. The van der Waals surface area contributed by atoms with Crippen LogP contribution < -0.4 is 0 Å². The minimum atomic E-state index is -0.196. The summed E-state index contributed by atoms with van der Waals surface area (Å²) in [6, 6.07) is 12.3. The zero-order valence-corrected chi connectivity index (χ0v) is 21.5. The Labute approximate surface area is 208 Å². The molecule has 2 aromatic rings. The number of nitrogens with zero attached hydrogens (tertiary/aromatic N) is 2. The number of hydrogen-bond donors (Lipinski definition) is 0. The Morgan fingerprint density at radius 1 is 0.941 bits per heavy atom. The molecule has 4 fully saturated rings. The van der Waals surface area contributed by atoms with E-state index < -0.39 is 0 Å². The van der Waals surface area contributed by atoms with Gasteiger partial charge in [0.15, 0.2) is 0 Å². The van der Waals surface area contributed by atoms with Crippen molar-refractivity contribution in [1.82, 2.24) is 9.80 Å². The summed E-state index contributed by atoms with van der Waals surface area (Å²) in [7, 11) is 0. The van der Waals surface area contributed by atoms with Crippen molar-refractivity contribution in [2.24, 2.45) is 23.2 Å². The van der Waals surface area contributed by atoms with Gasteiger partial charge in [0.05, 0.1) is 18.5 Å². The number of aryl methyl sites for hydroxylation is 1. The molecule has 2 amide bonds. The molecule has 1 heterocycles. The molecule has 0 unspecified atom stereocenters. The van der Waals surface area contributed by atoms with Gasteiger partial charge in [-0.3, -0.25) is 9.59 Å². The maximum atomic E-state index is 14.0. The molecule has 4 saturated carbocycles. The third-order valence-corrected chi connectivity index (χ3v) is 9.48. The summed E-state index contributed by atoms with van der Waals surface area (Å²) in [5.74, 6) is 2.51. The van der Waals surface area contributed by atoms with E-state index in [0.717, 1.165) is 49.0 Å². The highest BCUT2D eigenvalue weighted by Crippen LogP contribution is 2.60. The normalized spacial score (nSPS) is 27.1. The van der Waals surface area contributed by atoms with Gasteiger partial charge in [-0.05, 0) is 92.2 Å². The molecule has 34 heavy (non-hydrogen) atoms. The molecule has 0 N–H and O–H groups in total. The van der Waals surface area contributed by atoms with Crippen LogP contribution in [-0.4, -0.2) is 34.7 Å². The Balaban J connectivity index is 1.34. The van der Waals surface area contributed by atoms with Crippen molar-refractivity contribution in [3.63, 3.8) is 0 Å². The molecule has 4 aliphatic carbocycles. The summed E-state index contributed by atoms with van der Waals surface area (Å²) in [5, 5.41) is 2.09. The Hall–Kier alpha value is -2.14. The van der Waals surface area contributed by atoms with Crippen LogP contribution in [0.25, 0.3) is 0 Å². The number of amides is 2. The molecule has 5 heteroatoms. The smallest absolute Gasteiger partial charge is 0.242 e. The molecular weight excluding hydrogens is 440 g/mol. The maximum absolute atomic E-state index is 14.0. The fourth-order valence-corrected chi connectivity index (χ4v) is 8.19. The fraction of sp³-hybridized carbons (Fsp3) is 0.586. The molecule has 0 saturated heterocycles. The average molecular weight is 479 g/mol. The van der Waals surface area contributed by atoms with Crippen LogP contribution in [0.4, 0.5) is 0 Å². The molecule has 1 aromatic heterocycles. The highest BCUT2D eigenvalue weighted by atomic mass is 32.1. The van der Waals surface area contributed by atoms with Crippen molar-refractivity contribution in [2.45, 2.75) is 71.9 Å². The average Bonchev–Trinajstić information content (AvgIpc) is 3.22. The highest BCUT2D eigenvalue weighted by Gasteiger charge is 2.55. The van der Waals surface area contributed by atoms with Crippen molar-refractivity contribution in [3.05, 3.63) is 57.8 Å². The third-order valence-electron chi connectivity index (χ3n) is 8.47. The predicted molar refractivity (Wildman–Crippen MR) is 137 cm³/mol. The molecule has 0 aliphatic heterocycles. The van der Waals surface area contributed by atoms with Crippen LogP contribution >= 0.6 is 11.3 Å². The molecule has 4 nitrogen and oxygen atoms in total. The third kappa shape index (κ3) is 4.82. The van der Waals surface area contributed by atoms with E-state index in [4.69, 9.17) is 0 Å². The SMILES string of the molecule is CCCN(CC(=O)N(Cc1ccccc1)Cc1sccc1C)C(=O)C12CC3CC(CC(C3)C1)C2. The summed E-state index contributed by atoms with van der Waals surface area (Å²) in [6.07, 6.45) is 8.00. The largest absolute Gasteiger partial charge is 0.333 e. The summed E-state index contributed by atoms with van der Waals surface area (Å²) in [4.78, 5) is 32.9. The number of rotatable bonds is 9. The fourth-order valence-electron chi connectivity index (χ4n) is 7.27. The minimum absolute atomic E-state index is 0.0585. The highest BCUT2D eigenvalue weighted by molar-refractivity contribution is 7.10. The summed E-state index contributed by atoms with van der Waals surface area (Å²) in [6.45, 7) is 6.26. The number of carbonyl (C=O) groups is 2. The van der Waals surface area contributed by atoms with Crippen molar-refractivity contribution < 1.29 is 9.59 Å². The van der Waals surface area contributed by atoms with Gasteiger partial charge in [0.2, 0.25) is 11.8 Å². The second-order valence-corrected chi connectivity index (χ2v) is 12.2. The summed E-state index contributed by atoms with van der Waals surface area (Å²) >= 11 is 1.71. The molecule has 182 valence electrons.